The van der Waals surface area contributed by atoms with Gasteiger partial charge in [-0.25, -0.2) is 0 Å². The van der Waals surface area contributed by atoms with E-state index in [1.165, 1.54) is 7.11 Å². The number of hydrogen-bond acceptors (Lipinski definition) is 3. The fourth-order valence-electron chi connectivity index (χ4n) is 1.13. The van der Waals surface area contributed by atoms with Crippen molar-refractivity contribution in [1.82, 2.24) is 0 Å². The van der Waals surface area contributed by atoms with Gasteiger partial charge in [0.05, 0.1) is 17.5 Å². The molecule has 4 heteroatoms. The maximum absolute atomic E-state index is 11.7. The summed E-state index contributed by atoms with van der Waals surface area (Å²) in [6, 6.07) is 5.02. The van der Waals surface area contributed by atoms with Gasteiger partial charge in [-0.05, 0) is 25.1 Å². The zero-order valence-corrected chi connectivity index (χ0v) is 9.67. The summed E-state index contributed by atoms with van der Waals surface area (Å²) in [5.74, 6) is 0.518. The summed E-state index contributed by atoms with van der Waals surface area (Å²) in [5, 5.41) is 0. The number of methoxy groups -OCH3 is 1. The number of benzene rings is 1. The van der Waals surface area contributed by atoms with E-state index >= 15 is 0 Å². The van der Waals surface area contributed by atoms with Crippen LogP contribution < -0.4 is 10.5 Å². The first-order chi connectivity index (χ1) is 6.56. The second-order valence-electron chi connectivity index (χ2n) is 2.94. The Balaban J connectivity index is 3.17. The predicted molar refractivity (Wildman–Crippen MR) is 60.1 cm³/mol. The predicted octanol–water partition coefficient (Wildman–Crippen LogP) is 2.24. The number of alkyl halides is 1. The molecule has 1 aromatic rings. The molecule has 0 aliphatic rings. The summed E-state index contributed by atoms with van der Waals surface area (Å²) < 4.78 is 5.07. The van der Waals surface area contributed by atoms with Crippen LogP contribution in [0, 0.1) is 0 Å². The molecule has 1 unspecified atom stereocenters. The van der Waals surface area contributed by atoms with Gasteiger partial charge >= 0.3 is 0 Å². The van der Waals surface area contributed by atoms with E-state index in [0.717, 1.165) is 0 Å². The fraction of sp³-hybridized carbons (Fsp3) is 0.300. The maximum Gasteiger partial charge on any atom is 0.179 e. The largest absolute Gasteiger partial charge is 0.496 e. The Morgan fingerprint density at radius 2 is 2.21 bits per heavy atom. The first kappa shape index (κ1) is 11.0. The van der Waals surface area contributed by atoms with Crippen LogP contribution in [-0.4, -0.2) is 17.7 Å². The molecule has 1 atom stereocenters. The van der Waals surface area contributed by atoms with Crippen molar-refractivity contribution in [2.24, 2.45) is 0 Å². The molecule has 3 nitrogen and oxygen atoms in total. The van der Waals surface area contributed by atoms with Gasteiger partial charge in [0.2, 0.25) is 0 Å². The number of halogens is 1. The van der Waals surface area contributed by atoms with Gasteiger partial charge in [-0.1, -0.05) is 15.9 Å². The molecule has 0 bridgehead atoms. The zero-order valence-electron chi connectivity index (χ0n) is 8.08. The Morgan fingerprint density at radius 1 is 1.57 bits per heavy atom. The van der Waals surface area contributed by atoms with Crippen LogP contribution in [0.2, 0.25) is 0 Å². The molecule has 1 aromatic carbocycles. The number of ketones is 1. The minimum absolute atomic E-state index is 0.0332. The van der Waals surface area contributed by atoms with Crippen molar-refractivity contribution in [2.75, 3.05) is 12.8 Å². The van der Waals surface area contributed by atoms with Crippen molar-refractivity contribution in [3.63, 3.8) is 0 Å². The van der Waals surface area contributed by atoms with E-state index in [4.69, 9.17) is 10.5 Å². The van der Waals surface area contributed by atoms with E-state index in [1.54, 1.807) is 25.1 Å². The van der Waals surface area contributed by atoms with Crippen molar-refractivity contribution >= 4 is 27.4 Å². The number of hydrogen-bond donors (Lipinski definition) is 1. The molecule has 0 aliphatic carbocycles. The van der Waals surface area contributed by atoms with Gasteiger partial charge in [-0.15, -0.1) is 0 Å². The van der Waals surface area contributed by atoms with Crippen molar-refractivity contribution in [2.45, 2.75) is 11.8 Å². The maximum atomic E-state index is 11.7. The molecular weight excluding hydrogens is 246 g/mol. The van der Waals surface area contributed by atoms with Gasteiger partial charge in [-0.3, -0.25) is 4.79 Å². The molecule has 0 spiro atoms. The highest BCUT2D eigenvalue weighted by Crippen LogP contribution is 2.23. The van der Waals surface area contributed by atoms with Gasteiger partial charge in [0, 0.05) is 5.69 Å². The summed E-state index contributed by atoms with van der Waals surface area (Å²) in [4.78, 5) is 11.5. The van der Waals surface area contributed by atoms with E-state index in [2.05, 4.69) is 15.9 Å². The molecular formula is C10H12BrNO2. The monoisotopic (exact) mass is 257 g/mol. The molecule has 76 valence electrons. The van der Waals surface area contributed by atoms with E-state index in [1.807, 2.05) is 0 Å². The molecule has 0 aromatic heterocycles. The number of nitrogens with two attached hydrogens (primary N) is 1. The standard InChI is InChI=1S/C10H12BrNO2/c1-6(11)10(13)8-5-7(12)3-4-9(8)14-2/h3-6H,12H2,1-2H3. The molecule has 0 amide bonds. The molecule has 0 heterocycles. The van der Waals surface area contributed by atoms with E-state index < -0.39 is 0 Å². The summed E-state index contributed by atoms with van der Waals surface area (Å²) in [6.45, 7) is 1.77. The zero-order chi connectivity index (χ0) is 10.7. The summed E-state index contributed by atoms with van der Waals surface area (Å²) >= 11 is 3.22. The topological polar surface area (TPSA) is 52.3 Å². The average molecular weight is 258 g/mol. The van der Waals surface area contributed by atoms with Crippen LogP contribution in [-0.2, 0) is 0 Å². The molecule has 0 saturated carbocycles. The Bertz CT molecular complexity index is 350. The third kappa shape index (κ3) is 2.26. The van der Waals surface area contributed by atoms with Crippen molar-refractivity contribution in [1.29, 1.82) is 0 Å². The number of carbonyl (C=O) groups excluding carboxylic acids is 1. The SMILES string of the molecule is COc1ccc(N)cc1C(=O)C(C)Br. The summed E-state index contributed by atoms with van der Waals surface area (Å²) in [7, 11) is 1.53. The lowest BCUT2D eigenvalue weighted by Gasteiger charge is -2.09. The van der Waals surface area contributed by atoms with Crippen LogP contribution in [0.4, 0.5) is 5.69 Å². The molecule has 0 fully saturated rings. The smallest absolute Gasteiger partial charge is 0.179 e. The number of nitrogen functional groups attached to an aromatic ring is 1. The highest BCUT2D eigenvalue weighted by atomic mass is 79.9. The lowest BCUT2D eigenvalue weighted by molar-refractivity contribution is 0.0993. The van der Waals surface area contributed by atoms with Crippen LogP contribution in [0.3, 0.4) is 0 Å². The van der Waals surface area contributed by atoms with Gasteiger partial charge in [-0.2, -0.15) is 0 Å². The third-order valence-corrected chi connectivity index (χ3v) is 2.27. The number of ether oxygens (including phenoxy) is 1. The summed E-state index contributed by atoms with van der Waals surface area (Å²) in [6.07, 6.45) is 0. The highest BCUT2D eigenvalue weighted by molar-refractivity contribution is 9.10. The number of carbonyl (C=O) groups is 1. The second-order valence-corrected chi connectivity index (χ2v) is 4.31. The number of Topliss-reactive ketones (excluding diaryl/α,β-unsaturated/α-hetero) is 1. The van der Waals surface area contributed by atoms with Crippen LogP contribution in [0.5, 0.6) is 5.75 Å². The van der Waals surface area contributed by atoms with Crippen LogP contribution in [0.15, 0.2) is 18.2 Å². The first-order valence-electron chi connectivity index (χ1n) is 4.18. The van der Waals surface area contributed by atoms with Crippen LogP contribution in [0.25, 0.3) is 0 Å². The van der Waals surface area contributed by atoms with Crippen molar-refractivity contribution < 1.29 is 9.53 Å². The molecule has 14 heavy (non-hydrogen) atoms. The van der Waals surface area contributed by atoms with Gasteiger partial charge < -0.3 is 10.5 Å². The third-order valence-electron chi connectivity index (χ3n) is 1.85. The Morgan fingerprint density at radius 3 is 2.71 bits per heavy atom. The van der Waals surface area contributed by atoms with Crippen molar-refractivity contribution in [3.8, 4) is 5.75 Å². The average Bonchev–Trinajstić information content (AvgIpc) is 2.16. The van der Waals surface area contributed by atoms with Crippen LogP contribution in [0.1, 0.15) is 17.3 Å². The Kier molecular flexibility index (Phi) is 3.52. The minimum Gasteiger partial charge on any atom is -0.496 e. The molecule has 0 saturated heterocycles. The first-order valence-corrected chi connectivity index (χ1v) is 5.09. The lowest BCUT2D eigenvalue weighted by atomic mass is 10.1. The number of rotatable bonds is 3. The summed E-state index contributed by atoms with van der Waals surface area (Å²) in [5.41, 5.74) is 6.67. The quantitative estimate of drug-likeness (QED) is 0.514. The van der Waals surface area contributed by atoms with Crippen LogP contribution >= 0.6 is 15.9 Å². The molecule has 0 aliphatic heterocycles. The lowest BCUT2D eigenvalue weighted by Crippen LogP contribution is -2.11. The van der Waals surface area contributed by atoms with Crippen molar-refractivity contribution in [3.05, 3.63) is 23.8 Å². The Labute approximate surface area is 91.4 Å². The highest BCUT2D eigenvalue weighted by Gasteiger charge is 2.16. The fourth-order valence-corrected chi connectivity index (χ4v) is 1.38. The minimum atomic E-state index is -0.238. The van der Waals surface area contributed by atoms with Gasteiger partial charge in [0.1, 0.15) is 5.75 Å². The van der Waals surface area contributed by atoms with E-state index in [0.29, 0.717) is 17.0 Å². The van der Waals surface area contributed by atoms with Gasteiger partial charge in [0.25, 0.3) is 0 Å². The Hall–Kier alpha value is -1.03. The molecule has 2 N–H and O–H groups in total. The normalized spacial score (nSPS) is 12.2. The van der Waals surface area contributed by atoms with E-state index in [-0.39, 0.29) is 10.6 Å². The number of anilines is 1. The second kappa shape index (κ2) is 4.46. The molecule has 0 radical (unpaired) electrons. The van der Waals surface area contributed by atoms with Gasteiger partial charge in [0.15, 0.2) is 5.78 Å². The molecule has 1 rings (SSSR count). The van der Waals surface area contributed by atoms with E-state index in [9.17, 15) is 4.79 Å².